The molecular formula is C9H14N2O2. The van der Waals surface area contributed by atoms with Gasteiger partial charge in [-0.15, -0.1) is 0 Å². The molecule has 4 heteroatoms. The van der Waals surface area contributed by atoms with Crippen molar-refractivity contribution < 1.29 is 4.52 Å². The minimum Gasteiger partial charge on any atom is -0.339 e. The van der Waals surface area contributed by atoms with Crippen LogP contribution in [0, 0.1) is 0 Å². The molecule has 1 aromatic rings. The van der Waals surface area contributed by atoms with Crippen LogP contribution in [0.1, 0.15) is 37.3 Å². The predicted molar refractivity (Wildman–Crippen MR) is 48.5 cm³/mol. The first kappa shape index (κ1) is 8.56. The van der Waals surface area contributed by atoms with Crippen molar-refractivity contribution in [1.29, 1.82) is 0 Å². The van der Waals surface area contributed by atoms with Crippen LogP contribution in [0.15, 0.2) is 15.4 Å². The second-order valence-corrected chi connectivity index (χ2v) is 3.73. The van der Waals surface area contributed by atoms with Crippen molar-refractivity contribution in [1.82, 2.24) is 5.16 Å². The van der Waals surface area contributed by atoms with Crippen LogP contribution in [-0.2, 0) is 0 Å². The highest BCUT2D eigenvalue weighted by atomic mass is 16.5. The van der Waals surface area contributed by atoms with Crippen molar-refractivity contribution in [2.75, 3.05) is 0 Å². The van der Waals surface area contributed by atoms with Gasteiger partial charge in [0.05, 0.1) is 5.69 Å². The molecule has 1 aliphatic rings. The molecule has 1 heterocycles. The van der Waals surface area contributed by atoms with Gasteiger partial charge in [0.2, 0.25) is 0 Å². The Morgan fingerprint density at radius 2 is 2.08 bits per heavy atom. The van der Waals surface area contributed by atoms with E-state index in [1.807, 2.05) is 0 Å². The van der Waals surface area contributed by atoms with Gasteiger partial charge in [0.15, 0.2) is 0 Å². The first-order valence-corrected chi connectivity index (χ1v) is 4.69. The van der Waals surface area contributed by atoms with E-state index in [0.29, 0.717) is 12.0 Å². The molecule has 1 aliphatic carbocycles. The standard InChI is InChI=1S/C9H14N2O2/c10-7-3-1-6(2-4-7)8-5-9(12)13-11-8/h5-7,11H,1-4,10H2. The van der Waals surface area contributed by atoms with E-state index in [1.165, 1.54) is 0 Å². The lowest BCUT2D eigenvalue weighted by molar-refractivity contribution is 0.351. The topological polar surface area (TPSA) is 72.0 Å². The van der Waals surface area contributed by atoms with E-state index in [-0.39, 0.29) is 5.63 Å². The van der Waals surface area contributed by atoms with E-state index in [1.54, 1.807) is 6.07 Å². The Labute approximate surface area is 76.1 Å². The fourth-order valence-electron chi connectivity index (χ4n) is 1.93. The fraction of sp³-hybridized carbons (Fsp3) is 0.667. The molecular weight excluding hydrogens is 168 g/mol. The number of aromatic amines is 1. The van der Waals surface area contributed by atoms with Gasteiger partial charge in [0.1, 0.15) is 0 Å². The number of aromatic nitrogens is 1. The number of hydrogen-bond acceptors (Lipinski definition) is 3. The second kappa shape index (κ2) is 3.38. The maximum absolute atomic E-state index is 10.8. The summed E-state index contributed by atoms with van der Waals surface area (Å²) in [5.41, 5.74) is 6.43. The number of nitrogens with two attached hydrogens (primary N) is 1. The number of rotatable bonds is 1. The highest BCUT2D eigenvalue weighted by molar-refractivity contribution is 5.05. The molecule has 72 valence electrons. The molecule has 0 atom stereocenters. The molecule has 0 spiro atoms. The summed E-state index contributed by atoms with van der Waals surface area (Å²) < 4.78 is 4.63. The second-order valence-electron chi connectivity index (χ2n) is 3.73. The lowest BCUT2D eigenvalue weighted by atomic mass is 9.84. The van der Waals surface area contributed by atoms with Crippen LogP contribution < -0.4 is 11.4 Å². The summed E-state index contributed by atoms with van der Waals surface area (Å²) in [5.74, 6) is 0.436. The molecule has 0 bridgehead atoms. The maximum Gasteiger partial charge on any atom is 0.357 e. The summed E-state index contributed by atoms with van der Waals surface area (Å²) in [7, 11) is 0. The van der Waals surface area contributed by atoms with Crippen LogP contribution in [0.3, 0.4) is 0 Å². The third kappa shape index (κ3) is 1.83. The van der Waals surface area contributed by atoms with Gasteiger partial charge in [-0.2, -0.15) is 0 Å². The summed E-state index contributed by atoms with van der Waals surface area (Å²) >= 11 is 0. The van der Waals surface area contributed by atoms with Crippen molar-refractivity contribution in [3.63, 3.8) is 0 Å². The van der Waals surface area contributed by atoms with Crippen LogP contribution in [-0.4, -0.2) is 11.2 Å². The molecule has 0 aliphatic heterocycles. The Morgan fingerprint density at radius 1 is 1.38 bits per heavy atom. The molecule has 0 unspecified atom stereocenters. The highest BCUT2D eigenvalue weighted by Crippen LogP contribution is 2.30. The minimum atomic E-state index is -0.287. The van der Waals surface area contributed by atoms with Gasteiger partial charge in [-0.3, -0.25) is 0 Å². The normalized spacial score (nSPS) is 29.0. The molecule has 13 heavy (non-hydrogen) atoms. The van der Waals surface area contributed by atoms with Gasteiger partial charge in [0, 0.05) is 18.0 Å². The largest absolute Gasteiger partial charge is 0.357 e. The molecule has 3 N–H and O–H groups in total. The third-order valence-electron chi connectivity index (χ3n) is 2.75. The van der Waals surface area contributed by atoms with Gasteiger partial charge in [-0.05, 0) is 25.7 Å². The Balaban J connectivity index is 2.06. The molecule has 0 saturated heterocycles. The molecule has 1 aromatic heterocycles. The summed E-state index contributed by atoms with van der Waals surface area (Å²) in [4.78, 5) is 10.8. The summed E-state index contributed by atoms with van der Waals surface area (Å²) in [5, 5.41) is 2.66. The summed E-state index contributed by atoms with van der Waals surface area (Å²) in [6.07, 6.45) is 4.18. The Bertz CT molecular complexity index is 320. The fourth-order valence-corrected chi connectivity index (χ4v) is 1.93. The highest BCUT2D eigenvalue weighted by Gasteiger charge is 2.21. The zero-order chi connectivity index (χ0) is 9.26. The smallest absolute Gasteiger partial charge is 0.339 e. The summed E-state index contributed by atoms with van der Waals surface area (Å²) in [6.45, 7) is 0. The van der Waals surface area contributed by atoms with Gasteiger partial charge in [-0.25, -0.2) is 9.95 Å². The first-order valence-electron chi connectivity index (χ1n) is 4.69. The quantitative estimate of drug-likeness (QED) is 0.679. The molecule has 4 nitrogen and oxygen atoms in total. The third-order valence-corrected chi connectivity index (χ3v) is 2.75. The number of H-pyrrole nitrogens is 1. The van der Waals surface area contributed by atoms with Gasteiger partial charge in [0.25, 0.3) is 0 Å². The van der Waals surface area contributed by atoms with Gasteiger partial charge < -0.3 is 10.3 Å². The van der Waals surface area contributed by atoms with Crippen LogP contribution in [0.2, 0.25) is 0 Å². The van der Waals surface area contributed by atoms with Crippen molar-refractivity contribution in [2.24, 2.45) is 5.73 Å². The van der Waals surface area contributed by atoms with Gasteiger partial charge >= 0.3 is 5.63 Å². The molecule has 1 fully saturated rings. The molecule has 2 rings (SSSR count). The molecule has 0 amide bonds. The predicted octanol–water partition coefficient (Wildman–Crippen LogP) is 0.953. The number of nitrogens with one attached hydrogen (secondary N) is 1. The van der Waals surface area contributed by atoms with E-state index in [2.05, 4.69) is 9.68 Å². The zero-order valence-electron chi connectivity index (χ0n) is 7.45. The van der Waals surface area contributed by atoms with Crippen molar-refractivity contribution >= 4 is 0 Å². The minimum absolute atomic E-state index is 0.287. The van der Waals surface area contributed by atoms with E-state index in [0.717, 1.165) is 31.4 Å². The Hall–Kier alpha value is -1.03. The Kier molecular flexibility index (Phi) is 2.22. The first-order chi connectivity index (χ1) is 6.25. The molecule has 0 aromatic carbocycles. The van der Waals surface area contributed by atoms with Crippen LogP contribution in [0.4, 0.5) is 0 Å². The number of hydrogen-bond donors (Lipinski definition) is 2. The van der Waals surface area contributed by atoms with Crippen LogP contribution >= 0.6 is 0 Å². The summed E-state index contributed by atoms with van der Waals surface area (Å²) in [6, 6.07) is 1.89. The SMILES string of the molecule is NC1CCC(c2cc(=O)o[nH]2)CC1. The van der Waals surface area contributed by atoms with Crippen LogP contribution in [0.5, 0.6) is 0 Å². The molecule has 1 saturated carbocycles. The van der Waals surface area contributed by atoms with Crippen molar-refractivity contribution in [3.8, 4) is 0 Å². The van der Waals surface area contributed by atoms with Gasteiger partial charge in [-0.1, -0.05) is 0 Å². The monoisotopic (exact) mass is 182 g/mol. The Morgan fingerprint density at radius 3 is 2.62 bits per heavy atom. The van der Waals surface area contributed by atoms with E-state index in [4.69, 9.17) is 5.73 Å². The lowest BCUT2D eigenvalue weighted by Gasteiger charge is -2.24. The van der Waals surface area contributed by atoms with Crippen molar-refractivity contribution in [2.45, 2.75) is 37.6 Å². The average Bonchev–Trinajstić information content (AvgIpc) is 2.53. The maximum atomic E-state index is 10.8. The zero-order valence-corrected chi connectivity index (χ0v) is 7.45. The van der Waals surface area contributed by atoms with Crippen LogP contribution in [0.25, 0.3) is 0 Å². The van der Waals surface area contributed by atoms with E-state index < -0.39 is 0 Å². The van der Waals surface area contributed by atoms with E-state index in [9.17, 15) is 4.79 Å². The lowest BCUT2D eigenvalue weighted by Crippen LogP contribution is -2.25. The molecule has 0 radical (unpaired) electrons. The van der Waals surface area contributed by atoms with E-state index >= 15 is 0 Å². The van der Waals surface area contributed by atoms with Crippen molar-refractivity contribution in [3.05, 3.63) is 22.2 Å². The average molecular weight is 182 g/mol.